The van der Waals surface area contributed by atoms with Gasteiger partial charge in [0.25, 0.3) is 5.91 Å². The quantitative estimate of drug-likeness (QED) is 0.695. The molecule has 1 aromatic carbocycles. The monoisotopic (exact) mass is 440 g/mol. The minimum absolute atomic E-state index is 0.182. The van der Waals surface area contributed by atoms with E-state index in [2.05, 4.69) is 36.4 Å². The van der Waals surface area contributed by atoms with Crippen molar-refractivity contribution in [2.75, 3.05) is 11.9 Å². The molecule has 31 heavy (non-hydrogen) atoms. The van der Waals surface area contributed by atoms with E-state index in [9.17, 15) is 14.4 Å². The van der Waals surface area contributed by atoms with Crippen LogP contribution >= 0.6 is 11.3 Å². The van der Waals surface area contributed by atoms with Crippen LogP contribution in [-0.4, -0.2) is 39.8 Å². The number of nitrogens with one attached hydrogen (secondary N) is 2. The summed E-state index contributed by atoms with van der Waals surface area (Å²) in [4.78, 5) is 43.4. The van der Waals surface area contributed by atoms with Crippen molar-refractivity contribution in [3.8, 4) is 10.6 Å². The summed E-state index contributed by atoms with van der Waals surface area (Å²) in [5, 5.41) is 8.47. The SMILES string of the molecule is CC(C)(C)C1CCC2(CC1)NC(=O)N(CC(=O)Nc1ccc(-c3nccs3)cc1)C2=O. The topological polar surface area (TPSA) is 91.4 Å². The molecule has 1 aromatic heterocycles. The Kier molecular flexibility index (Phi) is 5.60. The van der Waals surface area contributed by atoms with E-state index in [1.807, 2.05) is 17.5 Å². The summed E-state index contributed by atoms with van der Waals surface area (Å²) in [5.41, 5.74) is 0.906. The number of urea groups is 1. The van der Waals surface area contributed by atoms with Gasteiger partial charge in [-0.2, -0.15) is 0 Å². The second kappa shape index (κ2) is 8.07. The van der Waals surface area contributed by atoms with Gasteiger partial charge >= 0.3 is 6.03 Å². The van der Waals surface area contributed by atoms with Crippen LogP contribution in [0.1, 0.15) is 46.5 Å². The number of thiazole rings is 1. The molecule has 1 saturated carbocycles. The summed E-state index contributed by atoms with van der Waals surface area (Å²) < 4.78 is 0. The fourth-order valence-corrected chi connectivity index (χ4v) is 5.19. The van der Waals surface area contributed by atoms with Crippen LogP contribution in [0.5, 0.6) is 0 Å². The summed E-state index contributed by atoms with van der Waals surface area (Å²) in [5.74, 6) is -0.155. The number of hydrogen-bond acceptors (Lipinski definition) is 5. The van der Waals surface area contributed by atoms with Crippen molar-refractivity contribution in [3.63, 3.8) is 0 Å². The van der Waals surface area contributed by atoms with Gasteiger partial charge in [0.05, 0.1) is 0 Å². The first-order valence-electron chi connectivity index (χ1n) is 10.6. The molecule has 1 aliphatic heterocycles. The van der Waals surface area contributed by atoms with Crippen LogP contribution in [-0.2, 0) is 9.59 Å². The molecule has 2 fully saturated rings. The average molecular weight is 441 g/mol. The van der Waals surface area contributed by atoms with Crippen LogP contribution in [0.15, 0.2) is 35.8 Å². The summed E-state index contributed by atoms with van der Waals surface area (Å²) in [7, 11) is 0. The van der Waals surface area contributed by atoms with Crippen LogP contribution in [0.2, 0.25) is 0 Å². The fourth-order valence-electron chi connectivity index (χ4n) is 4.54. The van der Waals surface area contributed by atoms with Crippen molar-refractivity contribution < 1.29 is 14.4 Å². The lowest BCUT2D eigenvalue weighted by Crippen LogP contribution is -2.50. The zero-order valence-corrected chi connectivity index (χ0v) is 18.9. The first-order valence-corrected chi connectivity index (χ1v) is 11.5. The average Bonchev–Trinajstić information content (AvgIpc) is 3.32. The first kappa shape index (κ1) is 21.5. The minimum atomic E-state index is -0.853. The molecule has 1 spiro atoms. The van der Waals surface area contributed by atoms with Gasteiger partial charge in [0.15, 0.2) is 0 Å². The lowest BCUT2D eigenvalue weighted by Gasteiger charge is -2.40. The number of rotatable bonds is 4. The van der Waals surface area contributed by atoms with Crippen molar-refractivity contribution >= 4 is 34.9 Å². The number of carbonyl (C=O) groups is 3. The number of anilines is 1. The number of aromatic nitrogens is 1. The van der Waals surface area contributed by atoms with Gasteiger partial charge in [-0.3, -0.25) is 14.5 Å². The standard InChI is InChI=1S/C23H28N4O3S/c1-22(2,3)16-8-10-23(11-9-16)20(29)27(21(30)26-23)14-18(28)25-17-6-4-15(5-7-17)19-24-12-13-31-19/h4-7,12-13,16H,8-11,14H2,1-3H3,(H,25,28)(H,26,30). The maximum absolute atomic E-state index is 13.1. The number of nitrogens with zero attached hydrogens (tertiary/aromatic N) is 2. The Bertz CT molecular complexity index is 971. The van der Waals surface area contributed by atoms with Gasteiger partial charge in [0.2, 0.25) is 5.91 Å². The molecule has 164 valence electrons. The predicted molar refractivity (Wildman–Crippen MR) is 121 cm³/mol. The minimum Gasteiger partial charge on any atom is -0.325 e. The normalized spacial score (nSPS) is 23.8. The summed E-state index contributed by atoms with van der Waals surface area (Å²) in [6.45, 7) is 6.35. The third-order valence-electron chi connectivity index (χ3n) is 6.46. The summed E-state index contributed by atoms with van der Waals surface area (Å²) >= 11 is 1.54. The highest BCUT2D eigenvalue weighted by atomic mass is 32.1. The highest BCUT2D eigenvalue weighted by Gasteiger charge is 2.53. The van der Waals surface area contributed by atoms with Crippen molar-refractivity contribution in [3.05, 3.63) is 35.8 Å². The Morgan fingerprint density at radius 1 is 1.23 bits per heavy atom. The van der Waals surface area contributed by atoms with Crippen molar-refractivity contribution in [1.82, 2.24) is 15.2 Å². The fraction of sp³-hybridized carbons (Fsp3) is 0.478. The molecule has 1 saturated heterocycles. The summed E-state index contributed by atoms with van der Waals surface area (Å²) in [6, 6.07) is 6.86. The van der Waals surface area contributed by atoms with E-state index in [1.165, 1.54) is 0 Å². The third kappa shape index (κ3) is 4.35. The van der Waals surface area contributed by atoms with E-state index >= 15 is 0 Å². The van der Waals surface area contributed by atoms with Gasteiger partial charge in [-0.15, -0.1) is 11.3 Å². The highest BCUT2D eigenvalue weighted by Crippen LogP contribution is 2.43. The highest BCUT2D eigenvalue weighted by molar-refractivity contribution is 7.13. The lowest BCUT2D eigenvalue weighted by molar-refractivity contribution is -0.135. The van der Waals surface area contributed by atoms with E-state index in [1.54, 1.807) is 29.7 Å². The Labute approximate surface area is 186 Å². The number of amides is 4. The van der Waals surface area contributed by atoms with Crippen molar-refractivity contribution in [2.24, 2.45) is 11.3 Å². The number of imide groups is 1. The molecular weight excluding hydrogens is 412 g/mol. The molecule has 1 aliphatic carbocycles. The molecule has 4 rings (SSSR count). The molecule has 0 radical (unpaired) electrons. The van der Waals surface area contributed by atoms with Gasteiger partial charge in [-0.1, -0.05) is 20.8 Å². The largest absolute Gasteiger partial charge is 0.325 e. The van der Waals surface area contributed by atoms with Gasteiger partial charge in [0, 0.05) is 22.8 Å². The maximum atomic E-state index is 13.1. The molecule has 0 unspecified atom stereocenters. The lowest BCUT2D eigenvalue weighted by atomic mass is 9.67. The van der Waals surface area contributed by atoms with Crippen LogP contribution in [0.25, 0.3) is 10.6 Å². The molecule has 2 heterocycles. The van der Waals surface area contributed by atoms with E-state index < -0.39 is 17.5 Å². The van der Waals surface area contributed by atoms with Crippen LogP contribution in [0.3, 0.4) is 0 Å². The second-order valence-corrected chi connectivity index (χ2v) is 10.4. The van der Waals surface area contributed by atoms with E-state index in [-0.39, 0.29) is 17.9 Å². The smallest absolute Gasteiger partial charge is 0.325 e. The molecule has 7 nitrogen and oxygen atoms in total. The van der Waals surface area contributed by atoms with E-state index in [0.717, 1.165) is 28.3 Å². The molecule has 8 heteroatoms. The van der Waals surface area contributed by atoms with Crippen molar-refractivity contribution in [1.29, 1.82) is 0 Å². The van der Waals surface area contributed by atoms with Gasteiger partial charge in [0.1, 0.15) is 17.1 Å². The molecule has 0 atom stereocenters. The first-order chi connectivity index (χ1) is 14.7. The molecular formula is C23H28N4O3S. The number of carbonyl (C=O) groups excluding carboxylic acids is 3. The van der Waals surface area contributed by atoms with E-state index in [0.29, 0.717) is 24.4 Å². The Hall–Kier alpha value is -2.74. The maximum Gasteiger partial charge on any atom is 0.325 e. The van der Waals surface area contributed by atoms with E-state index in [4.69, 9.17) is 0 Å². The Morgan fingerprint density at radius 2 is 1.90 bits per heavy atom. The molecule has 2 N–H and O–H groups in total. The van der Waals surface area contributed by atoms with Gasteiger partial charge in [-0.25, -0.2) is 9.78 Å². The Balaban J connectivity index is 1.36. The van der Waals surface area contributed by atoms with Crippen LogP contribution in [0.4, 0.5) is 10.5 Å². The molecule has 2 aromatic rings. The number of hydrogen-bond donors (Lipinski definition) is 2. The Morgan fingerprint density at radius 3 is 2.48 bits per heavy atom. The molecule has 4 amide bonds. The van der Waals surface area contributed by atoms with Gasteiger partial charge in [-0.05, 0) is 61.3 Å². The summed E-state index contributed by atoms with van der Waals surface area (Å²) in [6.07, 6.45) is 4.77. The molecule has 2 aliphatic rings. The van der Waals surface area contributed by atoms with Crippen LogP contribution < -0.4 is 10.6 Å². The number of benzene rings is 1. The third-order valence-corrected chi connectivity index (χ3v) is 7.28. The predicted octanol–water partition coefficient (Wildman–Crippen LogP) is 4.28. The van der Waals surface area contributed by atoms with Crippen LogP contribution in [0, 0.1) is 11.3 Å². The van der Waals surface area contributed by atoms with Crippen molar-refractivity contribution in [2.45, 2.75) is 52.0 Å². The second-order valence-electron chi connectivity index (χ2n) is 9.51. The zero-order valence-electron chi connectivity index (χ0n) is 18.1. The zero-order chi connectivity index (χ0) is 22.2. The van der Waals surface area contributed by atoms with Gasteiger partial charge < -0.3 is 10.6 Å². The molecule has 0 bridgehead atoms.